The van der Waals surface area contributed by atoms with E-state index in [0.717, 1.165) is 49.2 Å². The number of amides is 2. The Morgan fingerprint density at radius 1 is 0.857 bits per heavy atom. The van der Waals surface area contributed by atoms with Gasteiger partial charge in [0.1, 0.15) is 11.6 Å². The average molecular weight is 572 g/mol. The van der Waals surface area contributed by atoms with Crippen molar-refractivity contribution >= 4 is 29.1 Å². The van der Waals surface area contributed by atoms with Crippen molar-refractivity contribution in [3.63, 3.8) is 0 Å². The van der Waals surface area contributed by atoms with Crippen molar-refractivity contribution in [2.24, 2.45) is 11.5 Å². The van der Waals surface area contributed by atoms with Crippen molar-refractivity contribution in [1.82, 2.24) is 14.9 Å². The quantitative estimate of drug-likeness (QED) is 0.360. The van der Waals surface area contributed by atoms with Crippen LogP contribution in [0, 0.1) is 0 Å². The van der Waals surface area contributed by atoms with Crippen LogP contribution in [0.25, 0.3) is 0 Å². The second-order valence-corrected chi connectivity index (χ2v) is 11.2. The molecule has 0 spiro atoms. The lowest BCUT2D eigenvalue weighted by Gasteiger charge is -2.32. The molecule has 10 nitrogen and oxygen atoms in total. The molecule has 3 heterocycles. The number of rotatable bonds is 8. The molecule has 3 fully saturated rings. The van der Waals surface area contributed by atoms with Crippen LogP contribution in [-0.4, -0.2) is 66.0 Å². The summed E-state index contributed by atoms with van der Waals surface area (Å²) in [5.74, 6) is 1.58. The molecule has 1 aliphatic carbocycles. The zero-order valence-electron chi connectivity index (χ0n) is 24.3. The number of primary amides is 2. The van der Waals surface area contributed by atoms with Gasteiger partial charge in [-0.25, -0.2) is 9.97 Å². The Bertz CT molecular complexity index is 1350. The van der Waals surface area contributed by atoms with Gasteiger partial charge in [-0.1, -0.05) is 12.1 Å². The number of hydrogen-bond donors (Lipinski definition) is 3. The van der Waals surface area contributed by atoms with E-state index in [1.165, 1.54) is 50.8 Å². The molecule has 6 rings (SSSR count). The topological polar surface area (TPSA) is 140 Å². The lowest BCUT2D eigenvalue weighted by Crippen LogP contribution is -2.34. The maximum absolute atomic E-state index is 11.9. The van der Waals surface area contributed by atoms with E-state index in [0.29, 0.717) is 17.3 Å². The highest BCUT2D eigenvalue weighted by Crippen LogP contribution is 2.35. The minimum Gasteiger partial charge on any atom is -0.497 e. The molecule has 222 valence electrons. The second kappa shape index (κ2) is 13.7. The number of likely N-dealkylation sites (tertiary alicyclic amines) is 1. The number of carbonyl (C=O) groups excluding carboxylic acids is 2. The van der Waals surface area contributed by atoms with Gasteiger partial charge < -0.3 is 31.3 Å². The molecular weight excluding hydrogens is 530 g/mol. The highest BCUT2D eigenvalue weighted by Gasteiger charge is 2.32. The predicted octanol–water partition coefficient (Wildman–Crippen LogP) is 4.45. The molecule has 1 saturated carbocycles. The van der Waals surface area contributed by atoms with Crippen LogP contribution in [0.2, 0.25) is 0 Å². The molecule has 0 unspecified atom stereocenters. The molecule has 42 heavy (non-hydrogen) atoms. The van der Waals surface area contributed by atoms with Crippen LogP contribution in [0.1, 0.15) is 77.3 Å². The zero-order chi connectivity index (χ0) is 29.5. The number of nitrogens with zero attached hydrogens (tertiary/aromatic N) is 4. The third-order valence-corrected chi connectivity index (χ3v) is 8.29. The number of nitrogens with one attached hydrogen (secondary N) is 1. The van der Waals surface area contributed by atoms with Crippen LogP contribution in [0.5, 0.6) is 5.75 Å². The maximum Gasteiger partial charge on any atom is 0.271 e. The van der Waals surface area contributed by atoms with Gasteiger partial charge in [0.05, 0.1) is 13.3 Å². The highest BCUT2D eigenvalue weighted by atomic mass is 16.5. The van der Waals surface area contributed by atoms with Gasteiger partial charge in [-0.15, -0.1) is 0 Å². The first kappa shape index (κ1) is 29.3. The number of piperidine rings is 2. The summed E-state index contributed by atoms with van der Waals surface area (Å²) in [7, 11) is 1.57. The molecule has 1 aromatic heterocycles. The number of carbonyl (C=O) groups is 2. The Hall–Kier alpha value is -4.18. The Kier molecular flexibility index (Phi) is 9.53. The number of ether oxygens (including phenoxy) is 1. The maximum atomic E-state index is 11.9. The minimum absolute atomic E-state index is 0.178. The number of nitrogens with two attached hydrogens (primary N) is 2. The standard InChI is InChI=1S/C24H32N6O.C8H9NO2/c25-23(31)22-24(28-21(16-26-22)30-12-2-1-3-13-30)27-19-6-4-17(5-7-19)18-10-14-29(15-11-18)20-8-9-20;1-11-7-4-2-6(3-5-7)8(9)10/h4-7,16,18,20H,1-3,8-15H2,(H2,25,31)(H,27,28);2-5H,1H3,(H2,9,10). The summed E-state index contributed by atoms with van der Waals surface area (Å²) in [6.07, 6.45) is 10.5. The molecule has 3 aliphatic rings. The summed E-state index contributed by atoms with van der Waals surface area (Å²) >= 11 is 0. The number of aromatic nitrogens is 2. The molecular formula is C32H41N7O3. The van der Waals surface area contributed by atoms with E-state index in [1.54, 1.807) is 37.6 Å². The first-order chi connectivity index (χ1) is 20.4. The molecule has 0 radical (unpaired) electrons. The Labute approximate surface area is 247 Å². The van der Waals surface area contributed by atoms with Crippen LogP contribution in [0.3, 0.4) is 0 Å². The number of hydrogen-bond acceptors (Lipinski definition) is 8. The summed E-state index contributed by atoms with van der Waals surface area (Å²) in [4.78, 5) is 36.4. The van der Waals surface area contributed by atoms with Crippen LogP contribution in [0.15, 0.2) is 54.7 Å². The lowest BCUT2D eigenvalue weighted by atomic mass is 9.89. The lowest BCUT2D eigenvalue weighted by molar-refractivity contribution is 0.0989. The Morgan fingerprint density at radius 3 is 2.10 bits per heavy atom. The van der Waals surface area contributed by atoms with Crippen LogP contribution in [-0.2, 0) is 0 Å². The smallest absolute Gasteiger partial charge is 0.271 e. The molecule has 0 atom stereocenters. The summed E-state index contributed by atoms with van der Waals surface area (Å²) < 4.78 is 4.90. The van der Waals surface area contributed by atoms with Gasteiger partial charge in [-0.05, 0) is 106 Å². The van der Waals surface area contributed by atoms with Crippen molar-refractivity contribution < 1.29 is 14.3 Å². The van der Waals surface area contributed by atoms with Crippen LogP contribution in [0.4, 0.5) is 17.3 Å². The first-order valence-electron chi connectivity index (χ1n) is 14.9. The Morgan fingerprint density at radius 2 is 1.52 bits per heavy atom. The van der Waals surface area contributed by atoms with Crippen molar-refractivity contribution in [3.05, 3.63) is 71.5 Å². The van der Waals surface area contributed by atoms with E-state index in [1.807, 2.05) is 0 Å². The summed E-state index contributed by atoms with van der Waals surface area (Å²) in [6, 6.07) is 16.1. The van der Waals surface area contributed by atoms with E-state index in [9.17, 15) is 9.59 Å². The third kappa shape index (κ3) is 7.55. The molecule has 5 N–H and O–H groups in total. The van der Waals surface area contributed by atoms with Gasteiger partial charge in [0.25, 0.3) is 5.91 Å². The van der Waals surface area contributed by atoms with E-state index >= 15 is 0 Å². The number of benzene rings is 2. The number of anilines is 3. The fourth-order valence-corrected chi connectivity index (χ4v) is 5.69. The van der Waals surface area contributed by atoms with Crippen LogP contribution < -0.4 is 26.4 Å². The normalized spacial score (nSPS) is 17.6. The zero-order valence-corrected chi connectivity index (χ0v) is 24.3. The minimum atomic E-state index is -0.570. The largest absolute Gasteiger partial charge is 0.497 e. The van der Waals surface area contributed by atoms with Crippen LogP contribution >= 0.6 is 0 Å². The summed E-state index contributed by atoms with van der Waals surface area (Å²) in [6.45, 7) is 4.38. The fourth-order valence-electron chi connectivity index (χ4n) is 5.69. The molecule has 0 bridgehead atoms. The van der Waals surface area contributed by atoms with E-state index in [4.69, 9.17) is 21.2 Å². The third-order valence-electron chi connectivity index (χ3n) is 8.29. The molecule has 2 amide bonds. The van der Waals surface area contributed by atoms with Crippen molar-refractivity contribution in [1.29, 1.82) is 0 Å². The van der Waals surface area contributed by atoms with Crippen molar-refractivity contribution in [3.8, 4) is 5.75 Å². The first-order valence-corrected chi connectivity index (χ1v) is 14.9. The fraction of sp³-hybridized carbons (Fsp3) is 0.438. The summed E-state index contributed by atoms with van der Waals surface area (Å²) in [5.41, 5.74) is 13.5. The SMILES string of the molecule is COc1ccc(C(N)=O)cc1.NC(=O)c1ncc(N2CCCCC2)nc1Nc1ccc(C2CCN(C3CC3)CC2)cc1. The van der Waals surface area contributed by atoms with E-state index in [2.05, 4.69) is 44.4 Å². The number of methoxy groups -OCH3 is 1. The van der Waals surface area contributed by atoms with Gasteiger partial charge in [0.2, 0.25) is 5.91 Å². The predicted molar refractivity (Wildman–Crippen MR) is 164 cm³/mol. The second-order valence-electron chi connectivity index (χ2n) is 11.2. The van der Waals surface area contributed by atoms with Crippen molar-refractivity contribution in [2.45, 2.75) is 56.9 Å². The molecule has 10 heteroatoms. The molecule has 2 aromatic carbocycles. The molecule has 3 aromatic rings. The summed E-state index contributed by atoms with van der Waals surface area (Å²) in [5, 5.41) is 3.28. The van der Waals surface area contributed by atoms with Gasteiger partial charge >= 0.3 is 0 Å². The van der Waals surface area contributed by atoms with Crippen molar-refractivity contribution in [2.75, 3.05) is 43.5 Å². The van der Waals surface area contributed by atoms with Gasteiger partial charge in [-0.2, -0.15) is 0 Å². The van der Waals surface area contributed by atoms with Gasteiger partial charge in [0.15, 0.2) is 11.5 Å². The van der Waals surface area contributed by atoms with E-state index < -0.39 is 11.8 Å². The molecule has 2 aliphatic heterocycles. The molecule has 2 saturated heterocycles. The Balaban J connectivity index is 0.000000271. The highest BCUT2D eigenvalue weighted by molar-refractivity contribution is 5.96. The van der Waals surface area contributed by atoms with E-state index in [-0.39, 0.29) is 5.69 Å². The average Bonchev–Trinajstić information content (AvgIpc) is 3.88. The van der Waals surface area contributed by atoms with Gasteiger partial charge in [-0.3, -0.25) is 9.59 Å². The van der Waals surface area contributed by atoms with Gasteiger partial charge in [0, 0.05) is 30.4 Å². The monoisotopic (exact) mass is 571 g/mol.